The zero-order valence-electron chi connectivity index (χ0n) is 32.4. The summed E-state index contributed by atoms with van der Waals surface area (Å²) in [6, 6.07) is 9.92. The molecule has 1 unspecified atom stereocenters. The third kappa shape index (κ3) is 6.68. The first kappa shape index (κ1) is 39.6. The van der Waals surface area contributed by atoms with Gasteiger partial charge in [-0.05, 0) is 70.6 Å². The molecule has 0 spiro atoms. The second kappa shape index (κ2) is 15.9. The fourth-order valence-corrected chi connectivity index (χ4v) is 9.87. The van der Waals surface area contributed by atoms with Gasteiger partial charge < -0.3 is 33.5 Å². The number of piperazine rings is 1. The highest BCUT2D eigenvalue weighted by molar-refractivity contribution is 7.93. The van der Waals surface area contributed by atoms with E-state index >= 15 is 13.2 Å². The van der Waals surface area contributed by atoms with E-state index in [1.165, 1.54) is 52.8 Å². The number of hydrogen-bond donors (Lipinski definition) is 0. The van der Waals surface area contributed by atoms with Crippen molar-refractivity contribution in [3.05, 3.63) is 58.8 Å². The van der Waals surface area contributed by atoms with Gasteiger partial charge in [-0.25, -0.2) is 13.4 Å². The number of carbonyl (C=O) groups is 2. The van der Waals surface area contributed by atoms with Crippen molar-refractivity contribution in [3.63, 3.8) is 0 Å². The summed E-state index contributed by atoms with van der Waals surface area (Å²) in [6.07, 6.45) is 3.10. The highest BCUT2D eigenvalue weighted by atomic mass is 32.2. The molecule has 2 fully saturated rings. The van der Waals surface area contributed by atoms with Crippen LogP contribution in [0.4, 0.5) is 5.69 Å². The predicted octanol–water partition coefficient (Wildman–Crippen LogP) is 3.34. The summed E-state index contributed by atoms with van der Waals surface area (Å²) < 4.78 is 59.2. The molecule has 0 saturated carbocycles. The molecule has 15 nitrogen and oxygen atoms in total. The van der Waals surface area contributed by atoms with Gasteiger partial charge in [0.25, 0.3) is 15.9 Å². The van der Waals surface area contributed by atoms with Crippen LogP contribution in [0, 0.1) is 18.3 Å². The number of ether oxygens (including phenoxy) is 5. The number of hydrogen-bond acceptors (Lipinski definition) is 13. The second-order valence-corrected chi connectivity index (χ2v) is 15.6. The molecule has 16 heteroatoms. The largest absolute Gasteiger partial charge is 0.497 e. The van der Waals surface area contributed by atoms with Gasteiger partial charge in [-0.15, -0.1) is 0 Å². The highest BCUT2D eigenvalue weighted by Crippen LogP contribution is 2.60. The molecule has 294 valence electrons. The number of aromatic nitrogens is 1. The van der Waals surface area contributed by atoms with E-state index in [1.54, 1.807) is 30.9 Å². The van der Waals surface area contributed by atoms with Crippen LogP contribution in [0.2, 0.25) is 0 Å². The van der Waals surface area contributed by atoms with Crippen molar-refractivity contribution in [1.29, 1.82) is 5.26 Å². The first-order chi connectivity index (χ1) is 26.4. The molecule has 3 aromatic rings. The Labute approximate surface area is 322 Å². The van der Waals surface area contributed by atoms with Crippen LogP contribution >= 0.6 is 0 Å². The Morgan fingerprint density at radius 3 is 2.27 bits per heavy atom. The number of methoxy groups -OCH3 is 4. The molecular formula is C39H48N6O9S. The Morgan fingerprint density at radius 1 is 0.982 bits per heavy atom. The van der Waals surface area contributed by atoms with E-state index in [4.69, 9.17) is 23.7 Å². The Hall–Kier alpha value is -5.11. The van der Waals surface area contributed by atoms with Gasteiger partial charge in [-0.1, -0.05) is 6.07 Å². The van der Waals surface area contributed by atoms with Crippen molar-refractivity contribution in [2.45, 2.75) is 49.5 Å². The Bertz CT molecular complexity index is 2110. The molecule has 4 heterocycles. The summed E-state index contributed by atoms with van der Waals surface area (Å²) in [5.41, 5.74) is -1.75. The number of likely N-dealkylation sites (tertiary alicyclic amines) is 1. The van der Waals surface area contributed by atoms with Crippen molar-refractivity contribution in [2.75, 3.05) is 85.7 Å². The Kier molecular flexibility index (Phi) is 11.5. The monoisotopic (exact) mass is 776 g/mol. The summed E-state index contributed by atoms with van der Waals surface area (Å²) in [6.45, 7) is 7.72. The topological polar surface area (TPSA) is 164 Å². The summed E-state index contributed by atoms with van der Waals surface area (Å²) in [5, 5.41) is 10.5. The number of carbonyl (C=O) groups excluding carboxylic acids is 2. The number of nitrogens with zero attached hydrogens (tertiary/aromatic N) is 6. The smallest absolute Gasteiger partial charge is 0.274 e. The summed E-state index contributed by atoms with van der Waals surface area (Å²) in [4.78, 5) is 41.1. The van der Waals surface area contributed by atoms with E-state index in [0.717, 1.165) is 25.9 Å². The number of anilines is 1. The predicted molar refractivity (Wildman–Crippen MR) is 203 cm³/mol. The lowest BCUT2D eigenvalue weighted by Crippen LogP contribution is -2.55. The molecule has 6 rings (SSSR count). The molecule has 1 aromatic heterocycles. The quantitative estimate of drug-likeness (QED) is 0.263. The van der Waals surface area contributed by atoms with Crippen LogP contribution in [-0.4, -0.2) is 127 Å². The average Bonchev–Trinajstić information content (AvgIpc) is 3.46. The van der Waals surface area contributed by atoms with Crippen LogP contribution in [0.15, 0.2) is 41.4 Å². The standard InChI is InChI=1S/C39H48N6O9S/c1-8-54-37-29(10-9-15-41-37)39(23-32(46)44-20-18-43(19-21-44)26-13-16-42(3)17-14-26)33-25(2)28(24-40)35(52-6)36(53-7)34(33)45(38(39)47)55(48,49)31-12-11-27(50-4)22-30(31)51-5/h9-12,15,22,26H,8,13-14,16-21,23H2,1-7H3. The summed E-state index contributed by atoms with van der Waals surface area (Å²) >= 11 is 0. The maximum atomic E-state index is 15.7. The van der Waals surface area contributed by atoms with Crippen molar-refractivity contribution < 1.29 is 41.7 Å². The lowest BCUT2D eigenvalue weighted by Gasteiger charge is -2.42. The van der Waals surface area contributed by atoms with Crippen LogP contribution in [0.1, 0.15) is 48.4 Å². The molecular weight excluding hydrogens is 729 g/mol. The number of fused-ring (bicyclic) bond motifs is 1. The minimum Gasteiger partial charge on any atom is -0.497 e. The van der Waals surface area contributed by atoms with Crippen LogP contribution in [0.5, 0.6) is 28.9 Å². The first-order valence-electron chi connectivity index (χ1n) is 18.2. The SMILES string of the molecule is CCOc1ncccc1C1(CC(=O)N2CCN(C3CCN(C)CC3)CC2)C(=O)N(S(=O)(=O)c2ccc(OC)cc2OC)c2c(OC)c(OC)c(C#N)c(C)c21. The van der Waals surface area contributed by atoms with Gasteiger partial charge in [0, 0.05) is 62.0 Å². The van der Waals surface area contributed by atoms with Gasteiger partial charge in [0.15, 0.2) is 11.5 Å². The van der Waals surface area contributed by atoms with E-state index in [9.17, 15) is 10.1 Å². The van der Waals surface area contributed by atoms with E-state index in [-0.39, 0.29) is 68.5 Å². The van der Waals surface area contributed by atoms with Crippen molar-refractivity contribution in [3.8, 4) is 34.9 Å². The number of nitriles is 1. The molecule has 3 aliphatic heterocycles. The maximum Gasteiger partial charge on any atom is 0.274 e. The highest BCUT2D eigenvalue weighted by Gasteiger charge is 2.61. The minimum absolute atomic E-state index is 0.0117. The molecule has 2 amide bonds. The molecule has 2 saturated heterocycles. The Balaban J connectivity index is 1.58. The van der Waals surface area contributed by atoms with E-state index in [0.29, 0.717) is 42.3 Å². The summed E-state index contributed by atoms with van der Waals surface area (Å²) in [7, 11) is 2.61. The van der Waals surface area contributed by atoms with Gasteiger partial charge in [0.2, 0.25) is 11.8 Å². The molecule has 0 aliphatic carbocycles. The van der Waals surface area contributed by atoms with Crippen LogP contribution in [0.25, 0.3) is 0 Å². The van der Waals surface area contributed by atoms with Crippen molar-refractivity contribution >= 4 is 27.5 Å². The van der Waals surface area contributed by atoms with Crippen LogP contribution < -0.4 is 28.0 Å². The third-order valence-corrected chi connectivity index (χ3v) is 12.7. The molecule has 1 atom stereocenters. The fraction of sp³-hybridized carbons (Fsp3) is 0.487. The van der Waals surface area contributed by atoms with Gasteiger partial charge in [0.05, 0.1) is 35.0 Å². The number of sulfonamides is 1. The van der Waals surface area contributed by atoms with Gasteiger partial charge in [-0.2, -0.15) is 9.57 Å². The molecule has 2 aromatic carbocycles. The Morgan fingerprint density at radius 2 is 1.67 bits per heavy atom. The molecule has 0 N–H and O–H groups in total. The number of pyridine rings is 1. The lowest BCUT2D eigenvalue weighted by atomic mass is 9.70. The number of benzene rings is 2. The second-order valence-electron chi connectivity index (χ2n) is 13.8. The normalized spacial score (nSPS) is 19.5. The van der Waals surface area contributed by atoms with E-state index < -0.39 is 27.8 Å². The lowest BCUT2D eigenvalue weighted by molar-refractivity contribution is -0.137. The van der Waals surface area contributed by atoms with Crippen molar-refractivity contribution in [1.82, 2.24) is 19.7 Å². The third-order valence-electron chi connectivity index (χ3n) is 11.0. The fourth-order valence-electron chi connectivity index (χ4n) is 8.25. The van der Waals surface area contributed by atoms with Gasteiger partial charge in [-0.3, -0.25) is 14.5 Å². The number of rotatable bonds is 12. The zero-order valence-corrected chi connectivity index (χ0v) is 33.2. The molecule has 0 radical (unpaired) electrons. The first-order valence-corrected chi connectivity index (χ1v) is 19.7. The molecule has 3 aliphatic rings. The van der Waals surface area contributed by atoms with E-state index in [2.05, 4.69) is 27.9 Å². The molecule has 0 bridgehead atoms. The van der Waals surface area contributed by atoms with E-state index in [1.807, 2.05) is 0 Å². The van der Waals surface area contributed by atoms with Gasteiger partial charge in [0.1, 0.15) is 39.1 Å². The van der Waals surface area contributed by atoms with Crippen molar-refractivity contribution in [2.24, 2.45) is 0 Å². The number of amides is 2. The number of piperidine rings is 1. The maximum absolute atomic E-state index is 15.7. The zero-order chi connectivity index (χ0) is 39.7. The van der Waals surface area contributed by atoms with Crippen LogP contribution in [-0.2, 0) is 25.0 Å². The summed E-state index contributed by atoms with van der Waals surface area (Å²) in [5.74, 6) is -1.32. The van der Waals surface area contributed by atoms with Crippen LogP contribution in [0.3, 0.4) is 0 Å². The molecule has 55 heavy (non-hydrogen) atoms. The minimum atomic E-state index is -4.86. The van der Waals surface area contributed by atoms with Gasteiger partial charge >= 0.3 is 0 Å². The average molecular weight is 777 g/mol.